The van der Waals surface area contributed by atoms with E-state index in [4.69, 9.17) is 4.99 Å². The molecule has 0 atom stereocenters. The number of nitrogens with zero attached hydrogens (tertiary/aromatic N) is 5. The lowest BCUT2D eigenvalue weighted by atomic mass is 10.3. The van der Waals surface area contributed by atoms with Crippen LogP contribution in [0, 0.1) is 5.92 Å². The van der Waals surface area contributed by atoms with Crippen LogP contribution in [0.2, 0.25) is 0 Å². The smallest absolute Gasteiger partial charge is 0.326 e. The van der Waals surface area contributed by atoms with Crippen LogP contribution in [0.4, 0.5) is 11.5 Å². The van der Waals surface area contributed by atoms with Crippen LogP contribution in [0.25, 0.3) is 11.7 Å². The Bertz CT molecular complexity index is 1350. The number of aromatic hydroxyl groups is 1. The molecule has 5 rings (SSSR count). The molecule has 1 aliphatic rings. The average molecular weight is 390 g/mol. The van der Waals surface area contributed by atoms with Gasteiger partial charge >= 0.3 is 5.69 Å². The molecule has 4 heterocycles. The zero-order valence-corrected chi connectivity index (χ0v) is 15.3. The third-order valence-electron chi connectivity index (χ3n) is 4.68. The summed E-state index contributed by atoms with van der Waals surface area (Å²) in [4.78, 5) is 29.6. The third-order valence-corrected chi connectivity index (χ3v) is 4.68. The number of fused-ring (bicyclic) bond motifs is 1. The highest BCUT2D eigenvalue weighted by Crippen LogP contribution is 2.28. The van der Waals surface area contributed by atoms with Crippen LogP contribution < -0.4 is 21.7 Å². The van der Waals surface area contributed by atoms with Crippen LogP contribution >= 0.6 is 0 Å². The van der Waals surface area contributed by atoms with Crippen molar-refractivity contribution in [1.82, 2.24) is 29.5 Å². The Balaban J connectivity index is 1.66. The van der Waals surface area contributed by atoms with Crippen molar-refractivity contribution in [2.75, 3.05) is 11.9 Å². The summed E-state index contributed by atoms with van der Waals surface area (Å²) in [6, 6.07) is 5.54. The van der Waals surface area contributed by atoms with Crippen molar-refractivity contribution >= 4 is 23.2 Å². The van der Waals surface area contributed by atoms with Crippen LogP contribution in [-0.4, -0.2) is 41.2 Å². The number of aromatic nitrogens is 6. The van der Waals surface area contributed by atoms with Gasteiger partial charge in [0.25, 0.3) is 0 Å². The van der Waals surface area contributed by atoms with E-state index in [1.54, 1.807) is 29.2 Å². The minimum atomic E-state index is -0.488. The van der Waals surface area contributed by atoms with Crippen molar-refractivity contribution in [2.24, 2.45) is 10.9 Å². The first-order valence-corrected chi connectivity index (χ1v) is 9.25. The molecule has 0 aromatic carbocycles. The van der Waals surface area contributed by atoms with Gasteiger partial charge in [-0.05, 0) is 37.0 Å². The van der Waals surface area contributed by atoms with Crippen molar-refractivity contribution in [3.05, 3.63) is 63.7 Å². The molecule has 0 bridgehead atoms. The van der Waals surface area contributed by atoms with Gasteiger partial charge in [-0.25, -0.2) is 9.78 Å². The summed E-state index contributed by atoms with van der Waals surface area (Å²) in [6.45, 7) is 0.749. The maximum absolute atomic E-state index is 11.4. The van der Waals surface area contributed by atoms with Gasteiger partial charge in [0.2, 0.25) is 5.88 Å². The largest absolute Gasteiger partial charge is 0.493 e. The Labute approximate surface area is 163 Å². The molecule has 0 amide bonds. The molecule has 0 radical (unpaired) electrons. The first-order valence-electron chi connectivity index (χ1n) is 9.25. The summed E-state index contributed by atoms with van der Waals surface area (Å²) in [5.74, 6) is 1.01. The van der Waals surface area contributed by atoms with Crippen molar-refractivity contribution in [2.45, 2.75) is 12.8 Å². The van der Waals surface area contributed by atoms with Crippen LogP contribution in [0.1, 0.15) is 18.5 Å². The number of nitrogens with one attached hydrogen (secondary N) is 3. The number of hydrogen-bond acceptors (Lipinski definition) is 7. The van der Waals surface area contributed by atoms with Gasteiger partial charge in [0, 0.05) is 35.9 Å². The Hall–Kier alpha value is -3.95. The molecule has 4 aromatic rings. The molecule has 0 spiro atoms. The van der Waals surface area contributed by atoms with E-state index >= 15 is 0 Å². The van der Waals surface area contributed by atoms with Crippen LogP contribution in [0.3, 0.4) is 0 Å². The minimum Gasteiger partial charge on any atom is -0.493 e. The highest BCUT2D eigenvalue weighted by atomic mass is 16.3. The number of H-pyrrole nitrogens is 2. The van der Waals surface area contributed by atoms with Crippen LogP contribution in [0.5, 0.6) is 5.88 Å². The van der Waals surface area contributed by atoms with E-state index in [1.807, 2.05) is 18.2 Å². The zero-order valence-electron chi connectivity index (χ0n) is 15.3. The quantitative estimate of drug-likeness (QED) is 0.391. The molecular weight excluding hydrogens is 372 g/mol. The summed E-state index contributed by atoms with van der Waals surface area (Å²) in [7, 11) is 0. The lowest BCUT2D eigenvalue weighted by Gasteiger charge is -2.06. The molecule has 1 fully saturated rings. The first-order chi connectivity index (χ1) is 14.2. The Kier molecular flexibility index (Phi) is 4.08. The van der Waals surface area contributed by atoms with E-state index in [-0.39, 0.29) is 11.6 Å². The summed E-state index contributed by atoms with van der Waals surface area (Å²) in [5.41, 5.74) is 1.86. The number of rotatable bonds is 5. The monoisotopic (exact) mass is 390 g/mol. The van der Waals surface area contributed by atoms with Gasteiger partial charge in [0.15, 0.2) is 11.1 Å². The predicted octanol–water partition coefficient (Wildman–Crippen LogP) is 0.448. The number of aromatic amines is 2. The Morgan fingerprint density at radius 3 is 2.86 bits per heavy atom. The summed E-state index contributed by atoms with van der Waals surface area (Å²) in [5, 5.41) is 18.2. The van der Waals surface area contributed by atoms with Crippen molar-refractivity contribution < 1.29 is 5.11 Å². The molecule has 146 valence electrons. The van der Waals surface area contributed by atoms with E-state index in [0.717, 1.165) is 12.2 Å². The second kappa shape index (κ2) is 6.89. The molecule has 4 aromatic heterocycles. The first kappa shape index (κ1) is 17.2. The lowest BCUT2D eigenvalue weighted by molar-refractivity contribution is 0.454. The van der Waals surface area contributed by atoms with Gasteiger partial charge in [-0.3, -0.25) is 15.0 Å². The van der Waals surface area contributed by atoms with Gasteiger partial charge in [-0.2, -0.15) is 9.61 Å². The summed E-state index contributed by atoms with van der Waals surface area (Å²) < 4.78 is 1.66. The molecule has 1 aliphatic carbocycles. The topological polar surface area (TPSA) is 136 Å². The van der Waals surface area contributed by atoms with Crippen molar-refractivity contribution in [1.29, 1.82) is 0 Å². The molecular formula is C19H18N8O2. The molecule has 0 aliphatic heterocycles. The molecule has 29 heavy (non-hydrogen) atoms. The zero-order chi connectivity index (χ0) is 19.8. The third kappa shape index (κ3) is 3.59. The van der Waals surface area contributed by atoms with E-state index in [1.165, 1.54) is 12.8 Å². The highest BCUT2D eigenvalue weighted by Gasteiger charge is 2.20. The Morgan fingerprint density at radius 2 is 2.14 bits per heavy atom. The standard InChI is InChI=1S/C19H18N8O2/c28-18-14(24-19(29)26-18)7-12-10-22-27-16(21-9-11-1-2-11)8-15(25-17(12)27)23-13-3-5-20-6-4-13/h3-8,10-11,28H,1-2,9H2,(H,20,23)(H2,24,26,29). The average Bonchev–Trinajstić information content (AvgIpc) is 3.38. The van der Waals surface area contributed by atoms with Gasteiger partial charge in [-0.15, -0.1) is 0 Å². The molecule has 1 saturated carbocycles. The summed E-state index contributed by atoms with van der Waals surface area (Å²) >= 11 is 0. The maximum Gasteiger partial charge on any atom is 0.326 e. The van der Waals surface area contributed by atoms with Gasteiger partial charge < -0.3 is 15.4 Å². The van der Waals surface area contributed by atoms with Crippen LogP contribution in [-0.2, 0) is 0 Å². The highest BCUT2D eigenvalue weighted by molar-refractivity contribution is 5.60. The molecule has 10 heteroatoms. The second-order valence-corrected chi connectivity index (χ2v) is 6.97. The lowest BCUT2D eigenvalue weighted by Crippen LogP contribution is -2.20. The maximum atomic E-state index is 11.4. The second-order valence-electron chi connectivity index (χ2n) is 6.97. The number of anilines is 2. The number of hydrogen-bond donors (Lipinski definition) is 4. The van der Waals surface area contributed by atoms with Crippen molar-refractivity contribution in [3.8, 4) is 5.88 Å². The molecule has 4 N–H and O–H groups in total. The molecule has 10 nitrogen and oxygen atoms in total. The number of pyridine rings is 1. The van der Waals surface area contributed by atoms with Gasteiger partial charge in [0.1, 0.15) is 11.5 Å². The minimum absolute atomic E-state index is 0.237. The van der Waals surface area contributed by atoms with E-state index in [9.17, 15) is 9.90 Å². The predicted molar refractivity (Wildman–Crippen MR) is 106 cm³/mol. The Morgan fingerprint density at radius 1 is 1.31 bits per heavy atom. The SMILES string of the molecule is O=c1[nH]c(O)c(C=c2cnn3c(=NCC4CC4)cc(Nc4ccncc4)nc23)[nH]1. The molecule has 0 unspecified atom stereocenters. The van der Waals surface area contributed by atoms with Crippen LogP contribution in [0.15, 0.2) is 46.6 Å². The van der Waals surface area contributed by atoms with E-state index < -0.39 is 5.69 Å². The fourth-order valence-electron chi connectivity index (χ4n) is 3.00. The summed E-state index contributed by atoms with van der Waals surface area (Å²) in [6.07, 6.45) is 9.05. The number of imidazole rings is 1. The fourth-order valence-corrected chi connectivity index (χ4v) is 3.00. The normalized spacial score (nSPS) is 15.3. The fraction of sp³-hybridized carbons (Fsp3) is 0.211. The van der Waals surface area contributed by atoms with Gasteiger partial charge in [-0.1, -0.05) is 0 Å². The van der Waals surface area contributed by atoms with E-state index in [0.29, 0.717) is 28.1 Å². The van der Waals surface area contributed by atoms with E-state index in [2.05, 4.69) is 30.4 Å². The van der Waals surface area contributed by atoms with Crippen molar-refractivity contribution in [3.63, 3.8) is 0 Å². The van der Waals surface area contributed by atoms with Gasteiger partial charge in [0.05, 0.1) is 6.20 Å². The molecule has 0 saturated heterocycles.